The van der Waals surface area contributed by atoms with Crippen LogP contribution in [0, 0.1) is 0 Å². The average molecular weight is 385 g/mol. The van der Waals surface area contributed by atoms with E-state index in [1.54, 1.807) is 24.9 Å². The van der Waals surface area contributed by atoms with Gasteiger partial charge in [-0.2, -0.15) is 0 Å². The number of para-hydroxylation sites is 2. The van der Waals surface area contributed by atoms with Crippen molar-refractivity contribution >= 4 is 35.3 Å². The molecule has 0 spiro atoms. The van der Waals surface area contributed by atoms with E-state index in [0.29, 0.717) is 6.61 Å². The van der Waals surface area contributed by atoms with Gasteiger partial charge in [0.15, 0.2) is 0 Å². The molecule has 0 saturated carbocycles. The first-order chi connectivity index (χ1) is 13.0. The normalized spacial score (nSPS) is 10.6. The lowest BCUT2D eigenvalue weighted by molar-refractivity contribution is -0.129. The van der Waals surface area contributed by atoms with Crippen LogP contribution in [0.2, 0.25) is 0 Å². The Bertz CT molecular complexity index is 821. The predicted molar refractivity (Wildman–Crippen MR) is 111 cm³/mol. The molecule has 0 aliphatic heterocycles. The molecule has 0 aromatic heterocycles. The minimum Gasteiger partial charge on any atom is -0.493 e. The number of carbonyl (C=O) groups is 2. The molecule has 0 aliphatic carbocycles. The van der Waals surface area contributed by atoms with Crippen LogP contribution in [0.4, 0.5) is 5.69 Å². The third-order valence-electron chi connectivity index (χ3n) is 3.76. The van der Waals surface area contributed by atoms with E-state index >= 15 is 0 Å². The molecule has 2 aromatic rings. The van der Waals surface area contributed by atoms with E-state index in [-0.39, 0.29) is 18.4 Å². The molecular formula is C21H24N2O3S. The minimum absolute atomic E-state index is 0.0288. The Hall–Kier alpha value is -2.73. The van der Waals surface area contributed by atoms with Crippen LogP contribution in [0.3, 0.4) is 0 Å². The van der Waals surface area contributed by atoms with Gasteiger partial charge in [-0.15, -0.1) is 11.8 Å². The summed E-state index contributed by atoms with van der Waals surface area (Å²) in [6, 6.07) is 15.1. The second-order valence-electron chi connectivity index (χ2n) is 5.75. The molecular weight excluding hydrogens is 360 g/mol. The number of rotatable bonds is 8. The number of likely N-dealkylation sites (N-methyl/N-ethyl adjacent to an activating group) is 1. The van der Waals surface area contributed by atoms with Crippen molar-refractivity contribution in [3.63, 3.8) is 0 Å². The fourth-order valence-electron chi connectivity index (χ4n) is 2.42. The molecule has 6 heteroatoms. The molecule has 2 amide bonds. The van der Waals surface area contributed by atoms with Crippen molar-refractivity contribution < 1.29 is 14.3 Å². The number of nitrogens with zero attached hydrogens (tertiary/aromatic N) is 1. The first-order valence-electron chi connectivity index (χ1n) is 8.63. The maximum absolute atomic E-state index is 12.3. The van der Waals surface area contributed by atoms with Crippen molar-refractivity contribution in [1.29, 1.82) is 0 Å². The van der Waals surface area contributed by atoms with Gasteiger partial charge in [0.25, 0.3) is 0 Å². The average Bonchev–Trinajstić information content (AvgIpc) is 2.67. The lowest BCUT2D eigenvalue weighted by Crippen LogP contribution is -2.33. The maximum Gasteiger partial charge on any atom is 0.246 e. The van der Waals surface area contributed by atoms with E-state index in [0.717, 1.165) is 21.9 Å². The van der Waals surface area contributed by atoms with Gasteiger partial charge in [0.2, 0.25) is 11.8 Å². The number of nitrogens with one attached hydrogen (secondary N) is 1. The maximum atomic E-state index is 12.3. The highest BCUT2D eigenvalue weighted by molar-refractivity contribution is 7.98. The predicted octanol–water partition coefficient (Wildman–Crippen LogP) is 3.92. The van der Waals surface area contributed by atoms with Crippen molar-refractivity contribution in [3.8, 4) is 5.75 Å². The second kappa shape index (κ2) is 10.4. The molecule has 0 unspecified atom stereocenters. The molecule has 0 heterocycles. The highest BCUT2D eigenvalue weighted by atomic mass is 32.2. The highest BCUT2D eigenvalue weighted by Crippen LogP contribution is 2.24. The Morgan fingerprint density at radius 3 is 2.59 bits per heavy atom. The number of benzene rings is 2. The van der Waals surface area contributed by atoms with Gasteiger partial charge in [-0.1, -0.05) is 30.3 Å². The van der Waals surface area contributed by atoms with Gasteiger partial charge >= 0.3 is 0 Å². The third-order valence-corrected chi connectivity index (χ3v) is 4.56. The van der Waals surface area contributed by atoms with Crippen molar-refractivity contribution in [2.24, 2.45) is 0 Å². The van der Waals surface area contributed by atoms with E-state index in [1.807, 2.05) is 61.7 Å². The van der Waals surface area contributed by atoms with Crippen molar-refractivity contribution in [3.05, 3.63) is 60.2 Å². The van der Waals surface area contributed by atoms with E-state index in [4.69, 9.17) is 4.74 Å². The smallest absolute Gasteiger partial charge is 0.246 e. The van der Waals surface area contributed by atoms with Crippen LogP contribution < -0.4 is 10.1 Å². The van der Waals surface area contributed by atoms with Crippen molar-refractivity contribution in [2.45, 2.75) is 11.8 Å². The van der Waals surface area contributed by atoms with Crippen LogP contribution in [0.1, 0.15) is 12.5 Å². The Balaban J connectivity index is 1.96. The third kappa shape index (κ3) is 6.18. The van der Waals surface area contributed by atoms with Gasteiger partial charge in [-0.3, -0.25) is 9.59 Å². The number of carbonyl (C=O) groups excluding carboxylic acids is 2. The van der Waals surface area contributed by atoms with E-state index in [2.05, 4.69) is 5.32 Å². The summed E-state index contributed by atoms with van der Waals surface area (Å²) in [6.45, 7) is 2.43. The topological polar surface area (TPSA) is 58.6 Å². The van der Waals surface area contributed by atoms with Gasteiger partial charge in [-0.25, -0.2) is 0 Å². The molecule has 0 aliphatic rings. The van der Waals surface area contributed by atoms with Gasteiger partial charge in [0, 0.05) is 23.6 Å². The van der Waals surface area contributed by atoms with Crippen molar-refractivity contribution in [2.75, 3.05) is 31.8 Å². The van der Waals surface area contributed by atoms with Crippen LogP contribution in [-0.2, 0) is 9.59 Å². The Morgan fingerprint density at radius 2 is 1.85 bits per heavy atom. The largest absolute Gasteiger partial charge is 0.493 e. The molecule has 0 atom stereocenters. The zero-order chi connectivity index (χ0) is 19.6. The van der Waals surface area contributed by atoms with Gasteiger partial charge in [0.1, 0.15) is 5.75 Å². The minimum atomic E-state index is -0.255. The fourth-order valence-corrected chi connectivity index (χ4v) is 2.98. The summed E-state index contributed by atoms with van der Waals surface area (Å²) in [5.41, 5.74) is 1.57. The molecule has 0 fully saturated rings. The zero-order valence-corrected chi connectivity index (χ0v) is 16.6. The first-order valence-corrected chi connectivity index (χ1v) is 9.85. The van der Waals surface area contributed by atoms with Crippen LogP contribution >= 0.6 is 11.8 Å². The second-order valence-corrected chi connectivity index (χ2v) is 6.60. The van der Waals surface area contributed by atoms with Crippen LogP contribution in [0.15, 0.2) is 59.5 Å². The number of thioether (sulfide) groups is 1. The fraction of sp³-hybridized carbons (Fsp3) is 0.238. The number of amides is 2. The molecule has 2 rings (SSSR count). The van der Waals surface area contributed by atoms with Crippen LogP contribution in [0.5, 0.6) is 5.75 Å². The number of hydrogen-bond acceptors (Lipinski definition) is 4. The SMILES string of the molecule is CCOc1ccccc1/C=C/C(=O)N(C)CC(=O)Nc1ccccc1SC. The van der Waals surface area contributed by atoms with E-state index in [9.17, 15) is 9.59 Å². The Labute approximate surface area is 164 Å². The summed E-state index contributed by atoms with van der Waals surface area (Å²) in [6.07, 6.45) is 5.09. The molecule has 142 valence electrons. The molecule has 0 bridgehead atoms. The van der Waals surface area contributed by atoms with E-state index in [1.165, 1.54) is 11.0 Å². The summed E-state index contributed by atoms with van der Waals surface area (Å²) < 4.78 is 5.54. The monoisotopic (exact) mass is 384 g/mol. The molecule has 27 heavy (non-hydrogen) atoms. The standard InChI is InChI=1S/C21H24N2O3S/c1-4-26-18-11-7-5-9-16(18)13-14-21(25)23(2)15-20(24)22-17-10-6-8-12-19(17)27-3/h5-14H,4,15H2,1-3H3,(H,22,24)/b14-13+. The zero-order valence-electron chi connectivity index (χ0n) is 15.8. The molecule has 2 aromatic carbocycles. The molecule has 0 saturated heterocycles. The molecule has 5 nitrogen and oxygen atoms in total. The van der Waals surface area contributed by atoms with Crippen LogP contribution in [0.25, 0.3) is 6.08 Å². The first kappa shape index (κ1) is 20.6. The Kier molecular flexibility index (Phi) is 7.95. The van der Waals surface area contributed by atoms with Crippen LogP contribution in [-0.4, -0.2) is 43.2 Å². The lowest BCUT2D eigenvalue weighted by atomic mass is 10.2. The number of anilines is 1. The van der Waals surface area contributed by atoms with E-state index < -0.39 is 0 Å². The summed E-state index contributed by atoms with van der Waals surface area (Å²) in [7, 11) is 1.60. The summed E-state index contributed by atoms with van der Waals surface area (Å²) >= 11 is 1.56. The Morgan fingerprint density at radius 1 is 1.15 bits per heavy atom. The number of ether oxygens (including phenoxy) is 1. The summed E-state index contributed by atoms with van der Waals surface area (Å²) in [5.74, 6) is 0.225. The quantitative estimate of drug-likeness (QED) is 0.554. The molecule has 0 radical (unpaired) electrons. The molecule has 1 N–H and O–H groups in total. The van der Waals surface area contributed by atoms with Crippen molar-refractivity contribution in [1.82, 2.24) is 4.90 Å². The van der Waals surface area contributed by atoms with Gasteiger partial charge in [0.05, 0.1) is 18.8 Å². The number of hydrogen-bond donors (Lipinski definition) is 1. The lowest BCUT2D eigenvalue weighted by Gasteiger charge is -2.16. The highest BCUT2D eigenvalue weighted by Gasteiger charge is 2.12. The van der Waals surface area contributed by atoms with Gasteiger partial charge < -0.3 is 15.0 Å². The summed E-state index contributed by atoms with van der Waals surface area (Å²) in [5, 5.41) is 2.85. The summed E-state index contributed by atoms with van der Waals surface area (Å²) in [4.78, 5) is 26.9. The van der Waals surface area contributed by atoms with Gasteiger partial charge in [-0.05, 0) is 37.5 Å².